The van der Waals surface area contributed by atoms with Crippen molar-refractivity contribution in [1.29, 1.82) is 0 Å². The fourth-order valence-corrected chi connectivity index (χ4v) is 4.75. The van der Waals surface area contributed by atoms with E-state index in [2.05, 4.69) is 30.9 Å². The van der Waals surface area contributed by atoms with Gasteiger partial charge in [-0.1, -0.05) is 38.8 Å². The third-order valence-corrected chi connectivity index (χ3v) is 6.79. The number of aryl methyl sites for hydroxylation is 2. The van der Waals surface area contributed by atoms with Gasteiger partial charge in [0, 0.05) is 37.2 Å². The molecule has 166 valence electrons. The molecule has 4 rings (SSSR count). The van der Waals surface area contributed by atoms with E-state index < -0.39 is 0 Å². The van der Waals surface area contributed by atoms with Crippen LogP contribution in [-0.4, -0.2) is 40.4 Å². The number of hydrogen-bond donors (Lipinski definition) is 0. The van der Waals surface area contributed by atoms with Crippen LogP contribution in [0.2, 0.25) is 0 Å². The number of benzene rings is 1. The van der Waals surface area contributed by atoms with Crippen LogP contribution in [0.4, 0.5) is 5.82 Å². The maximum absolute atomic E-state index is 13.3. The molecule has 0 atom stereocenters. The van der Waals surface area contributed by atoms with Gasteiger partial charge in [-0.15, -0.1) is 0 Å². The Morgan fingerprint density at radius 2 is 1.81 bits per heavy atom. The molecular formula is C26H36N4O. The summed E-state index contributed by atoms with van der Waals surface area (Å²) in [5.74, 6) is 2.78. The first kappa shape index (κ1) is 21.8. The number of hydrogen-bond acceptors (Lipinski definition) is 4. The lowest BCUT2D eigenvalue weighted by Gasteiger charge is -2.36. The fourth-order valence-electron chi connectivity index (χ4n) is 4.75. The van der Waals surface area contributed by atoms with Crippen molar-refractivity contribution < 1.29 is 4.79 Å². The first-order valence-corrected chi connectivity index (χ1v) is 12.0. The van der Waals surface area contributed by atoms with Crippen LogP contribution in [0.3, 0.4) is 0 Å². The third kappa shape index (κ3) is 5.08. The Morgan fingerprint density at radius 3 is 2.52 bits per heavy atom. The lowest BCUT2D eigenvalue weighted by molar-refractivity contribution is 0.0733. The van der Waals surface area contributed by atoms with Gasteiger partial charge in [0.05, 0.1) is 12.2 Å². The molecule has 1 aromatic heterocycles. The van der Waals surface area contributed by atoms with Gasteiger partial charge in [-0.25, -0.2) is 9.97 Å². The number of carbonyl (C=O) groups excluding carboxylic acids is 1. The number of piperidine rings is 1. The lowest BCUT2D eigenvalue weighted by Crippen LogP contribution is -2.40. The number of unbranched alkanes of at least 4 members (excludes halogenated alkanes) is 2. The van der Waals surface area contributed by atoms with E-state index in [0.717, 1.165) is 66.9 Å². The maximum atomic E-state index is 13.3. The Labute approximate surface area is 186 Å². The Balaban J connectivity index is 1.49. The van der Waals surface area contributed by atoms with Crippen molar-refractivity contribution in [2.24, 2.45) is 5.92 Å². The molecule has 0 N–H and O–H groups in total. The van der Waals surface area contributed by atoms with Crippen LogP contribution in [0.1, 0.15) is 79.0 Å². The lowest BCUT2D eigenvalue weighted by atomic mass is 9.98. The van der Waals surface area contributed by atoms with Gasteiger partial charge in [-0.2, -0.15) is 0 Å². The van der Waals surface area contributed by atoms with Gasteiger partial charge >= 0.3 is 0 Å². The highest BCUT2D eigenvalue weighted by Gasteiger charge is 2.28. The van der Waals surface area contributed by atoms with Gasteiger partial charge in [0.1, 0.15) is 11.6 Å². The predicted octanol–water partition coefficient (Wildman–Crippen LogP) is 4.95. The van der Waals surface area contributed by atoms with E-state index in [0.29, 0.717) is 6.54 Å². The number of amides is 1. The minimum atomic E-state index is 0.115. The van der Waals surface area contributed by atoms with E-state index in [1.807, 2.05) is 24.0 Å². The summed E-state index contributed by atoms with van der Waals surface area (Å²) < 4.78 is 0. The Hall–Kier alpha value is -2.43. The molecule has 1 fully saturated rings. The number of fused-ring (bicyclic) bond motifs is 1. The highest BCUT2D eigenvalue weighted by molar-refractivity contribution is 5.94. The van der Waals surface area contributed by atoms with Crippen LogP contribution in [0, 0.1) is 12.8 Å². The topological polar surface area (TPSA) is 49.3 Å². The molecule has 31 heavy (non-hydrogen) atoms. The first-order chi connectivity index (χ1) is 15.0. The summed E-state index contributed by atoms with van der Waals surface area (Å²) in [5, 5.41) is 0. The van der Waals surface area contributed by atoms with Crippen molar-refractivity contribution in [2.75, 3.05) is 24.5 Å². The average Bonchev–Trinajstić information content (AvgIpc) is 2.79. The molecule has 2 aliphatic rings. The van der Waals surface area contributed by atoms with Crippen molar-refractivity contribution in [1.82, 2.24) is 14.9 Å². The normalized spacial score (nSPS) is 17.0. The Morgan fingerprint density at radius 1 is 1.06 bits per heavy atom. The molecule has 2 aromatic rings. The molecule has 1 saturated heterocycles. The number of rotatable bonds is 6. The van der Waals surface area contributed by atoms with Crippen LogP contribution in [0.5, 0.6) is 0 Å². The zero-order chi connectivity index (χ0) is 21.8. The maximum Gasteiger partial charge on any atom is 0.254 e. The molecule has 0 radical (unpaired) electrons. The van der Waals surface area contributed by atoms with E-state index in [9.17, 15) is 4.79 Å². The number of anilines is 1. The van der Waals surface area contributed by atoms with Crippen LogP contribution in [-0.2, 0) is 19.4 Å². The summed E-state index contributed by atoms with van der Waals surface area (Å²) in [5.41, 5.74) is 4.37. The second kappa shape index (κ2) is 9.80. The molecule has 0 spiro atoms. The van der Waals surface area contributed by atoms with E-state index in [-0.39, 0.29) is 5.91 Å². The Kier molecular flexibility index (Phi) is 6.89. The van der Waals surface area contributed by atoms with Crippen molar-refractivity contribution >= 4 is 11.7 Å². The minimum Gasteiger partial charge on any atom is -0.356 e. The van der Waals surface area contributed by atoms with Crippen molar-refractivity contribution in [3.8, 4) is 0 Å². The molecule has 3 heterocycles. The summed E-state index contributed by atoms with van der Waals surface area (Å²) >= 11 is 0. The average molecular weight is 421 g/mol. The van der Waals surface area contributed by atoms with Crippen LogP contribution in [0.25, 0.3) is 0 Å². The first-order valence-electron chi connectivity index (χ1n) is 12.0. The van der Waals surface area contributed by atoms with Crippen LogP contribution >= 0.6 is 0 Å². The van der Waals surface area contributed by atoms with E-state index >= 15 is 0 Å². The monoisotopic (exact) mass is 420 g/mol. The van der Waals surface area contributed by atoms with Crippen molar-refractivity contribution in [2.45, 2.75) is 72.3 Å². The summed E-state index contributed by atoms with van der Waals surface area (Å²) in [4.78, 5) is 27.2. The molecule has 0 aliphatic carbocycles. The zero-order valence-electron chi connectivity index (χ0n) is 19.4. The number of aromatic nitrogens is 2. The number of nitrogens with zero attached hydrogens (tertiary/aromatic N) is 4. The zero-order valence-corrected chi connectivity index (χ0v) is 19.4. The third-order valence-electron chi connectivity index (χ3n) is 6.79. The molecule has 0 bridgehead atoms. The summed E-state index contributed by atoms with van der Waals surface area (Å²) in [6.07, 6.45) is 7.99. The number of carbonyl (C=O) groups is 1. The van der Waals surface area contributed by atoms with Gasteiger partial charge in [0.25, 0.3) is 5.91 Å². The minimum absolute atomic E-state index is 0.115. The van der Waals surface area contributed by atoms with Gasteiger partial charge in [0.15, 0.2) is 0 Å². The second-order valence-electron chi connectivity index (χ2n) is 9.32. The van der Waals surface area contributed by atoms with Gasteiger partial charge < -0.3 is 9.80 Å². The van der Waals surface area contributed by atoms with E-state index in [1.54, 1.807) is 0 Å². The second-order valence-corrected chi connectivity index (χ2v) is 9.32. The predicted molar refractivity (Wildman–Crippen MR) is 125 cm³/mol. The molecule has 0 unspecified atom stereocenters. The molecule has 2 aliphatic heterocycles. The highest BCUT2D eigenvalue weighted by atomic mass is 16.2. The summed E-state index contributed by atoms with van der Waals surface area (Å²) in [7, 11) is 0. The molecule has 5 heteroatoms. The van der Waals surface area contributed by atoms with Crippen LogP contribution < -0.4 is 4.90 Å². The van der Waals surface area contributed by atoms with Gasteiger partial charge in [-0.3, -0.25) is 4.79 Å². The molecule has 1 aromatic carbocycles. The smallest absolute Gasteiger partial charge is 0.254 e. The largest absolute Gasteiger partial charge is 0.356 e. The van der Waals surface area contributed by atoms with Crippen molar-refractivity contribution in [3.63, 3.8) is 0 Å². The van der Waals surface area contributed by atoms with Gasteiger partial charge in [-0.05, 0) is 56.2 Å². The molecule has 5 nitrogen and oxygen atoms in total. The fraction of sp³-hybridized carbons (Fsp3) is 0.577. The molecule has 0 saturated carbocycles. The SMILES string of the molecule is CCCCCc1ccc(C(=O)N2CCc3nc(C)nc(N4CCC(C)CC4)c3C2)cc1. The standard InChI is InChI=1S/C26H36N4O/c1-4-5-6-7-21-8-10-22(11-9-21)26(31)30-17-14-24-23(18-30)25(28-20(3)27-24)29-15-12-19(2)13-16-29/h8-11,19H,4-7,12-18H2,1-3H3. The van der Waals surface area contributed by atoms with E-state index in [4.69, 9.17) is 9.97 Å². The van der Waals surface area contributed by atoms with Crippen molar-refractivity contribution in [3.05, 3.63) is 52.5 Å². The summed E-state index contributed by atoms with van der Waals surface area (Å²) in [6, 6.07) is 8.23. The van der Waals surface area contributed by atoms with Crippen LogP contribution in [0.15, 0.2) is 24.3 Å². The molecule has 1 amide bonds. The van der Waals surface area contributed by atoms with E-state index in [1.165, 1.54) is 37.7 Å². The van der Waals surface area contributed by atoms with Gasteiger partial charge in [0.2, 0.25) is 0 Å². The Bertz CT molecular complexity index is 900. The highest BCUT2D eigenvalue weighted by Crippen LogP contribution is 2.30. The quantitative estimate of drug-likeness (QED) is 0.620. The summed E-state index contributed by atoms with van der Waals surface area (Å²) in [6.45, 7) is 9.94. The molecular weight excluding hydrogens is 384 g/mol.